The monoisotopic (exact) mass is 264 g/mol. The van der Waals surface area contributed by atoms with Crippen LogP contribution in [0.3, 0.4) is 0 Å². The van der Waals surface area contributed by atoms with Crippen molar-refractivity contribution in [2.75, 3.05) is 13.1 Å². The summed E-state index contributed by atoms with van der Waals surface area (Å²) in [7, 11) is 0. The zero-order valence-corrected chi connectivity index (χ0v) is 12.8. The van der Waals surface area contributed by atoms with Crippen LogP contribution < -0.4 is 5.32 Å². The molecular weight excluding hydrogens is 236 g/mol. The normalized spacial score (nSPS) is 21.2. The van der Waals surface area contributed by atoms with Gasteiger partial charge in [0, 0.05) is 12.1 Å². The van der Waals surface area contributed by atoms with E-state index in [1.165, 1.54) is 25.9 Å². The number of furan rings is 1. The van der Waals surface area contributed by atoms with E-state index in [1.54, 1.807) is 0 Å². The molecule has 1 fully saturated rings. The minimum absolute atomic E-state index is 0.135. The summed E-state index contributed by atoms with van der Waals surface area (Å²) in [6.45, 7) is 13.0. The molecule has 0 aliphatic carbocycles. The van der Waals surface area contributed by atoms with E-state index in [2.05, 4.69) is 50.0 Å². The average Bonchev–Trinajstić information content (AvgIpc) is 2.95. The van der Waals surface area contributed by atoms with E-state index in [0.29, 0.717) is 0 Å². The van der Waals surface area contributed by atoms with Crippen molar-refractivity contribution in [3.8, 4) is 0 Å². The summed E-state index contributed by atoms with van der Waals surface area (Å²) in [5.41, 5.74) is 0.135. The first-order chi connectivity index (χ1) is 8.96. The predicted octanol–water partition coefficient (Wildman–Crippen LogP) is 3.40. The van der Waals surface area contributed by atoms with Crippen molar-refractivity contribution < 1.29 is 4.42 Å². The van der Waals surface area contributed by atoms with Gasteiger partial charge in [-0.2, -0.15) is 0 Å². The Balaban J connectivity index is 1.81. The smallest absolute Gasteiger partial charge is 0.118 e. The molecule has 1 N–H and O–H groups in total. The van der Waals surface area contributed by atoms with E-state index in [9.17, 15) is 0 Å². The first kappa shape index (κ1) is 14.6. The van der Waals surface area contributed by atoms with Crippen molar-refractivity contribution >= 4 is 0 Å². The Labute approximate surface area is 117 Å². The van der Waals surface area contributed by atoms with Crippen LogP contribution in [0.25, 0.3) is 0 Å². The maximum atomic E-state index is 5.91. The number of nitrogens with zero attached hydrogens (tertiary/aromatic N) is 1. The lowest BCUT2D eigenvalue weighted by Crippen LogP contribution is -2.34. The lowest BCUT2D eigenvalue weighted by atomic mass is 10.1. The maximum Gasteiger partial charge on any atom is 0.118 e. The molecule has 1 aliphatic rings. The van der Waals surface area contributed by atoms with Crippen LogP contribution in [-0.4, -0.2) is 23.5 Å². The molecule has 0 bridgehead atoms. The number of hydrogen-bond acceptors (Lipinski definition) is 3. The lowest BCUT2D eigenvalue weighted by Gasteiger charge is -2.19. The van der Waals surface area contributed by atoms with Gasteiger partial charge < -0.3 is 9.73 Å². The lowest BCUT2D eigenvalue weighted by molar-refractivity contribution is 0.278. The van der Waals surface area contributed by atoms with Crippen LogP contribution in [0.2, 0.25) is 0 Å². The van der Waals surface area contributed by atoms with Gasteiger partial charge in [-0.05, 0) is 51.8 Å². The largest absolute Gasteiger partial charge is 0.463 e. The van der Waals surface area contributed by atoms with Gasteiger partial charge in [0.25, 0.3) is 0 Å². The molecule has 0 aromatic carbocycles. The molecule has 3 nitrogen and oxygen atoms in total. The van der Waals surface area contributed by atoms with Gasteiger partial charge in [0.15, 0.2) is 0 Å². The zero-order chi connectivity index (χ0) is 13.9. The van der Waals surface area contributed by atoms with Gasteiger partial charge in [-0.3, -0.25) is 4.90 Å². The second kappa shape index (κ2) is 6.10. The summed E-state index contributed by atoms with van der Waals surface area (Å²) >= 11 is 0. The van der Waals surface area contributed by atoms with E-state index in [0.717, 1.165) is 30.5 Å². The first-order valence-corrected chi connectivity index (χ1v) is 7.51. The van der Waals surface area contributed by atoms with Crippen LogP contribution >= 0.6 is 0 Å². The molecule has 1 unspecified atom stereocenters. The molecule has 2 heterocycles. The van der Waals surface area contributed by atoms with Gasteiger partial charge in [-0.1, -0.05) is 13.3 Å². The van der Waals surface area contributed by atoms with Gasteiger partial charge in [0.1, 0.15) is 11.5 Å². The van der Waals surface area contributed by atoms with Gasteiger partial charge in [-0.25, -0.2) is 0 Å². The molecule has 0 amide bonds. The fourth-order valence-electron chi connectivity index (χ4n) is 2.56. The molecule has 108 valence electrons. The minimum Gasteiger partial charge on any atom is -0.463 e. The van der Waals surface area contributed by atoms with Crippen molar-refractivity contribution in [2.45, 2.75) is 59.2 Å². The average molecular weight is 264 g/mol. The van der Waals surface area contributed by atoms with Gasteiger partial charge in [0.2, 0.25) is 0 Å². The van der Waals surface area contributed by atoms with Crippen molar-refractivity contribution in [1.29, 1.82) is 0 Å². The van der Waals surface area contributed by atoms with Gasteiger partial charge in [0.05, 0.1) is 13.1 Å². The standard InChI is InChI=1S/C16H28N2O/c1-5-13-8-9-18(11-13)12-15-7-6-14(19-15)10-17-16(2,3)4/h6-7,13,17H,5,8-12H2,1-4H3. The summed E-state index contributed by atoms with van der Waals surface area (Å²) in [6.07, 6.45) is 2.64. The summed E-state index contributed by atoms with van der Waals surface area (Å²) in [6, 6.07) is 4.22. The molecule has 0 spiro atoms. The number of rotatable bonds is 5. The van der Waals surface area contributed by atoms with E-state index < -0.39 is 0 Å². The second-order valence-corrected chi connectivity index (χ2v) is 6.77. The number of nitrogens with one attached hydrogen (secondary N) is 1. The molecule has 1 saturated heterocycles. The molecule has 2 rings (SSSR count). The van der Waals surface area contributed by atoms with Crippen LogP contribution in [0.5, 0.6) is 0 Å². The Morgan fingerprint density at radius 2 is 2.05 bits per heavy atom. The van der Waals surface area contributed by atoms with Gasteiger partial charge >= 0.3 is 0 Å². The van der Waals surface area contributed by atoms with Crippen LogP contribution in [0.1, 0.15) is 52.1 Å². The van der Waals surface area contributed by atoms with Crippen LogP contribution in [0.15, 0.2) is 16.5 Å². The van der Waals surface area contributed by atoms with E-state index in [-0.39, 0.29) is 5.54 Å². The van der Waals surface area contributed by atoms with Crippen molar-refractivity contribution in [3.05, 3.63) is 23.7 Å². The highest BCUT2D eigenvalue weighted by atomic mass is 16.3. The highest BCUT2D eigenvalue weighted by molar-refractivity contribution is 5.07. The predicted molar refractivity (Wildman–Crippen MR) is 79.0 cm³/mol. The fourth-order valence-corrected chi connectivity index (χ4v) is 2.56. The Bertz CT molecular complexity index is 392. The topological polar surface area (TPSA) is 28.4 Å². The Morgan fingerprint density at radius 1 is 1.32 bits per heavy atom. The quantitative estimate of drug-likeness (QED) is 0.883. The fraction of sp³-hybridized carbons (Fsp3) is 0.750. The third kappa shape index (κ3) is 4.66. The third-order valence-electron chi connectivity index (χ3n) is 3.84. The first-order valence-electron chi connectivity index (χ1n) is 7.51. The molecule has 3 heteroatoms. The molecular formula is C16H28N2O. The second-order valence-electron chi connectivity index (χ2n) is 6.77. The number of likely N-dealkylation sites (tertiary alicyclic amines) is 1. The SMILES string of the molecule is CCC1CCN(Cc2ccc(CNC(C)(C)C)o2)C1. The molecule has 1 aliphatic heterocycles. The Hall–Kier alpha value is -0.800. The summed E-state index contributed by atoms with van der Waals surface area (Å²) in [5.74, 6) is 3.02. The molecule has 19 heavy (non-hydrogen) atoms. The minimum atomic E-state index is 0.135. The molecule has 1 aromatic heterocycles. The summed E-state index contributed by atoms with van der Waals surface area (Å²) < 4.78 is 5.91. The van der Waals surface area contributed by atoms with E-state index >= 15 is 0 Å². The van der Waals surface area contributed by atoms with Gasteiger partial charge in [-0.15, -0.1) is 0 Å². The van der Waals surface area contributed by atoms with Crippen LogP contribution in [-0.2, 0) is 13.1 Å². The summed E-state index contributed by atoms with van der Waals surface area (Å²) in [5, 5.41) is 3.45. The van der Waals surface area contributed by atoms with Crippen LogP contribution in [0.4, 0.5) is 0 Å². The summed E-state index contributed by atoms with van der Waals surface area (Å²) in [4.78, 5) is 2.51. The van der Waals surface area contributed by atoms with Crippen molar-refractivity contribution in [3.63, 3.8) is 0 Å². The highest BCUT2D eigenvalue weighted by Gasteiger charge is 2.21. The third-order valence-corrected chi connectivity index (χ3v) is 3.84. The Morgan fingerprint density at radius 3 is 2.68 bits per heavy atom. The molecule has 1 aromatic rings. The van der Waals surface area contributed by atoms with Crippen molar-refractivity contribution in [2.24, 2.45) is 5.92 Å². The maximum absolute atomic E-state index is 5.91. The highest BCUT2D eigenvalue weighted by Crippen LogP contribution is 2.21. The molecule has 0 radical (unpaired) electrons. The molecule has 0 saturated carbocycles. The zero-order valence-electron chi connectivity index (χ0n) is 12.8. The number of hydrogen-bond donors (Lipinski definition) is 1. The Kier molecular flexibility index (Phi) is 4.69. The van der Waals surface area contributed by atoms with E-state index in [1.807, 2.05) is 0 Å². The van der Waals surface area contributed by atoms with E-state index in [4.69, 9.17) is 4.42 Å². The molecule has 1 atom stereocenters. The van der Waals surface area contributed by atoms with Crippen molar-refractivity contribution in [1.82, 2.24) is 10.2 Å². The van der Waals surface area contributed by atoms with Crippen LogP contribution in [0, 0.1) is 5.92 Å².